The van der Waals surface area contributed by atoms with Gasteiger partial charge in [0, 0.05) is 31.8 Å². The molecule has 1 amide bonds. The van der Waals surface area contributed by atoms with Gasteiger partial charge in [0.1, 0.15) is 6.04 Å². The summed E-state index contributed by atoms with van der Waals surface area (Å²) in [5.74, 6) is 0.0718. The van der Waals surface area contributed by atoms with Gasteiger partial charge in [0.15, 0.2) is 0 Å². The number of likely N-dealkylation sites (tertiary alicyclic amines) is 1. The average Bonchev–Trinajstić information content (AvgIpc) is 2.62. The Morgan fingerprint density at radius 2 is 1.91 bits per heavy atom. The molecule has 0 radical (unpaired) electrons. The molecule has 2 N–H and O–H groups in total. The first kappa shape index (κ1) is 16.2. The van der Waals surface area contributed by atoms with Gasteiger partial charge in [-0.1, -0.05) is 6.42 Å². The molecule has 6 nitrogen and oxygen atoms in total. The SMILES string of the molecule is O=C(NCC1(N2CCCCC2)CCOCC1)C1COCCN1. The predicted octanol–water partition coefficient (Wildman–Crippen LogP) is 0.126. The normalized spacial score (nSPS) is 29.9. The smallest absolute Gasteiger partial charge is 0.239 e. The standard InChI is InChI=1S/C16H29N3O3/c20-15(14-12-22-11-6-17-14)18-13-16(4-9-21-10-5-16)19-7-2-1-3-8-19/h14,17H,1-13H2,(H,18,20). The predicted molar refractivity (Wildman–Crippen MR) is 83.8 cm³/mol. The third-order valence-electron chi connectivity index (χ3n) is 5.28. The summed E-state index contributed by atoms with van der Waals surface area (Å²) in [7, 11) is 0. The van der Waals surface area contributed by atoms with Crippen molar-refractivity contribution < 1.29 is 14.3 Å². The van der Waals surface area contributed by atoms with Crippen LogP contribution in [0, 0.1) is 0 Å². The van der Waals surface area contributed by atoms with Gasteiger partial charge in [-0.25, -0.2) is 0 Å². The fourth-order valence-corrected chi connectivity index (χ4v) is 3.83. The lowest BCUT2D eigenvalue weighted by Crippen LogP contribution is -2.61. The van der Waals surface area contributed by atoms with Crippen molar-refractivity contribution in [3.8, 4) is 0 Å². The summed E-state index contributed by atoms with van der Waals surface area (Å²) in [5, 5.41) is 6.40. The highest BCUT2D eigenvalue weighted by molar-refractivity contribution is 5.82. The van der Waals surface area contributed by atoms with E-state index in [9.17, 15) is 4.79 Å². The molecule has 22 heavy (non-hydrogen) atoms. The lowest BCUT2D eigenvalue weighted by Gasteiger charge is -2.48. The Kier molecular flexibility index (Phi) is 5.68. The largest absolute Gasteiger partial charge is 0.381 e. The number of morpholine rings is 1. The van der Waals surface area contributed by atoms with Gasteiger partial charge in [-0.05, 0) is 38.8 Å². The van der Waals surface area contributed by atoms with Crippen molar-refractivity contribution in [1.29, 1.82) is 0 Å². The molecular formula is C16H29N3O3. The maximum atomic E-state index is 12.4. The molecule has 0 spiro atoms. The van der Waals surface area contributed by atoms with E-state index in [0.29, 0.717) is 13.2 Å². The van der Waals surface area contributed by atoms with E-state index >= 15 is 0 Å². The highest BCUT2D eigenvalue weighted by atomic mass is 16.5. The molecule has 1 unspecified atom stereocenters. The van der Waals surface area contributed by atoms with Crippen LogP contribution < -0.4 is 10.6 Å². The summed E-state index contributed by atoms with van der Waals surface area (Å²) in [6.45, 7) is 6.57. The molecule has 3 rings (SSSR count). The summed E-state index contributed by atoms with van der Waals surface area (Å²) in [5.41, 5.74) is 0.0872. The Labute approximate surface area is 132 Å². The number of carbonyl (C=O) groups is 1. The summed E-state index contributed by atoms with van der Waals surface area (Å²) < 4.78 is 10.9. The maximum absolute atomic E-state index is 12.4. The minimum atomic E-state index is -0.202. The van der Waals surface area contributed by atoms with Crippen molar-refractivity contribution in [2.45, 2.75) is 43.7 Å². The molecule has 6 heteroatoms. The van der Waals surface area contributed by atoms with Crippen LogP contribution in [0.4, 0.5) is 0 Å². The van der Waals surface area contributed by atoms with Gasteiger partial charge in [-0.3, -0.25) is 9.69 Å². The average molecular weight is 311 g/mol. The minimum absolute atomic E-state index is 0.0718. The highest BCUT2D eigenvalue weighted by Crippen LogP contribution is 2.30. The molecular weight excluding hydrogens is 282 g/mol. The second kappa shape index (κ2) is 7.73. The summed E-state index contributed by atoms with van der Waals surface area (Å²) in [6.07, 6.45) is 5.91. The van der Waals surface area contributed by atoms with Crippen molar-refractivity contribution in [3.63, 3.8) is 0 Å². The van der Waals surface area contributed by atoms with Crippen molar-refractivity contribution in [2.75, 3.05) is 52.6 Å². The number of nitrogens with one attached hydrogen (secondary N) is 2. The van der Waals surface area contributed by atoms with E-state index < -0.39 is 0 Å². The zero-order valence-corrected chi connectivity index (χ0v) is 13.4. The van der Waals surface area contributed by atoms with Gasteiger partial charge in [0.05, 0.1) is 13.2 Å². The van der Waals surface area contributed by atoms with Crippen molar-refractivity contribution in [3.05, 3.63) is 0 Å². The third kappa shape index (κ3) is 3.79. The molecule has 0 bridgehead atoms. The molecule has 0 aliphatic carbocycles. The first-order chi connectivity index (χ1) is 10.8. The summed E-state index contributed by atoms with van der Waals surface area (Å²) in [4.78, 5) is 15.0. The quantitative estimate of drug-likeness (QED) is 0.772. The van der Waals surface area contributed by atoms with E-state index in [-0.39, 0.29) is 17.5 Å². The van der Waals surface area contributed by atoms with Gasteiger partial charge in [0.25, 0.3) is 0 Å². The molecule has 3 heterocycles. The lowest BCUT2D eigenvalue weighted by atomic mass is 9.86. The number of carbonyl (C=O) groups excluding carboxylic acids is 1. The second-order valence-corrected chi connectivity index (χ2v) is 6.68. The van der Waals surface area contributed by atoms with Gasteiger partial charge >= 0.3 is 0 Å². The van der Waals surface area contributed by atoms with Crippen LogP contribution >= 0.6 is 0 Å². The molecule has 3 saturated heterocycles. The number of piperidine rings is 1. The van der Waals surface area contributed by atoms with Gasteiger partial charge in [-0.2, -0.15) is 0 Å². The number of nitrogens with zero attached hydrogens (tertiary/aromatic N) is 1. The van der Waals surface area contributed by atoms with E-state index in [1.165, 1.54) is 19.3 Å². The Morgan fingerprint density at radius 3 is 2.59 bits per heavy atom. The number of amides is 1. The van der Waals surface area contributed by atoms with Crippen molar-refractivity contribution in [2.24, 2.45) is 0 Å². The van der Waals surface area contributed by atoms with E-state index in [1.807, 2.05) is 0 Å². The van der Waals surface area contributed by atoms with E-state index in [1.54, 1.807) is 0 Å². The Morgan fingerprint density at radius 1 is 1.14 bits per heavy atom. The van der Waals surface area contributed by atoms with Crippen molar-refractivity contribution in [1.82, 2.24) is 15.5 Å². The first-order valence-corrected chi connectivity index (χ1v) is 8.72. The van der Waals surface area contributed by atoms with Crippen LogP contribution in [0.5, 0.6) is 0 Å². The van der Waals surface area contributed by atoms with Crippen LogP contribution in [0.2, 0.25) is 0 Å². The van der Waals surface area contributed by atoms with Crippen molar-refractivity contribution >= 4 is 5.91 Å². The number of rotatable bonds is 4. The fourth-order valence-electron chi connectivity index (χ4n) is 3.83. The zero-order valence-electron chi connectivity index (χ0n) is 13.4. The zero-order chi connectivity index (χ0) is 15.3. The van der Waals surface area contributed by atoms with E-state index in [2.05, 4.69) is 15.5 Å². The molecule has 3 aliphatic heterocycles. The number of hydrogen-bond donors (Lipinski definition) is 2. The Bertz CT molecular complexity index is 360. The molecule has 0 aromatic heterocycles. The van der Waals surface area contributed by atoms with Gasteiger partial charge < -0.3 is 20.1 Å². The number of hydrogen-bond acceptors (Lipinski definition) is 5. The molecule has 0 aromatic rings. The van der Waals surface area contributed by atoms with Gasteiger partial charge in [-0.15, -0.1) is 0 Å². The Balaban J connectivity index is 1.58. The molecule has 3 fully saturated rings. The maximum Gasteiger partial charge on any atom is 0.239 e. The Hall–Kier alpha value is -0.690. The first-order valence-electron chi connectivity index (χ1n) is 8.72. The minimum Gasteiger partial charge on any atom is -0.381 e. The number of ether oxygens (including phenoxy) is 2. The van der Waals surface area contributed by atoms with Crippen LogP contribution in [0.25, 0.3) is 0 Å². The van der Waals surface area contributed by atoms with Crippen LogP contribution in [0.1, 0.15) is 32.1 Å². The molecule has 0 saturated carbocycles. The second-order valence-electron chi connectivity index (χ2n) is 6.68. The van der Waals surface area contributed by atoms with Crippen LogP contribution in [0.3, 0.4) is 0 Å². The molecule has 0 aromatic carbocycles. The van der Waals surface area contributed by atoms with E-state index in [0.717, 1.165) is 52.2 Å². The lowest BCUT2D eigenvalue weighted by molar-refractivity contribution is -0.127. The van der Waals surface area contributed by atoms with Crippen LogP contribution in [0.15, 0.2) is 0 Å². The highest BCUT2D eigenvalue weighted by Gasteiger charge is 2.39. The van der Waals surface area contributed by atoms with Crippen LogP contribution in [-0.2, 0) is 14.3 Å². The molecule has 1 atom stereocenters. The van der Waals surface area contributed by atoms with Gasteiger partial charge in [0.2, 0.25) is 5.91 Å². The fraction of sp³-hybridized carbons (Fsp3) is 0.938. The van der Waals surface area contributed by atoms with E-state index in [4.69, 9.17) is 9.47 Å². The topological polar surface area (TPSA) is 62.8 Å². The molecule has 126 valence electrons. The third-order valence-corrected chi connectivity index (χ3v) is 5.28. The summed E-state index contributed by atoms with van der Waals surface area (Å²) >= 11 is 0. The molecule has 3 aliphatic rings. The summed E-state index contributed by atoms with van der Waals surface area (Å²) in [6, 6.07) is -0.202. The monoisotopic (exact) mass is 311 g/mol. The van der Waals surface area contributed by atoms with Crippen LogP contribution in [-0.4, -0.2) is 75.0 Å².